The summed E-state index contributed by atoms with van der Waals surface area (Å²) in [6, 6.07) is 4.68. The first-order chi connectivity index (χ1) is 14.9. The van der Waals surface area contributed by atoms with Crippen LogP contribution in [0.1, 0.15) is 53.6 Å². The molecule has 3 aliphatic heterocycles. The Morgan fingerprint density at radius 1 is 1.16 bits per heavy atom. The molecule has 162 valence electrons. The van der Waals surface area contributed by atoms with E-state index in [9.17, 15) is 18.4 Å². The van der Waals surface area contributed by atoms with Gasteiger partial charge in [-0.15, -0.1) is 0 Å². The second kappa shape index (κ2) is 7.33. The number of ether oxygens (including phenoxy) is 1. The largest absolute Gasteiger partial charge is 0.342 e. The molecule has 0 saturated carbocycles. The van der Waals surface area contributed by atoms with Crippen LogP contribution in [0.15, 0.2) is 30.5 Å². The van der Waals surface area contributed by atoms with E-state index in [2.05, 4.69) is 9.97 Å². The van der Waals surface area contributed by atoms with Gasteiger partial charge >= 0.3 is 0 Å². The Kier molecular flexibility index (Phi) is 4.73. The second-order valence-electron chi connectivity index (χ2n) is 8.39. The number of likely N-dealkylation sites (tertiary alicyclic amines) is 1. The highest BCUT2D eigenvalue weighted by atomic mass is 19.1. The number of hydrogen-bond donors (Lipinski definition) is 0. The van der Waals surface area contributed by atoms with Gasteiger partial charge in [-0.1, -0.05) is 0 Å². The number of nitrogens with zero attached hydrogens (tertiary/aromatic N) is 4. The third kappa shape index (κ3) is 3.37. The molecule has 31 heavy (non-hydrogen) atoms. The number of piperidine rings is 1. The molecule has 1 spiro atoms. The Morgan fingerprint density at radius 3 is 2.55 bits per heavy atom. The van der Waals surface area contributed by atoms with Crippen molar-refractivity contribution in [2.24, 2.45) is 0 Å². The van der Waals surface area contributed by atoms with Gasteiger partial charge in [-0.25, -0.2) is 18.7 Å². The average Bonchev–Trinajstić information content (AvgIpc) is 3.26. The summed E-state index contributed by atoms with van der Waals surface area (Å²) in [5.74, 6) is -1.61. The van der Waals surface area contributed by atoms with Gasteiger partial charge in [-0.05, 0) is 43.5 Å². The Morgan fingerprint density at radius 2 is 1.87 bits per heavy atom. The summed E-state index contributed by atoms with van der Waals surface area (Å²) in [7, 11) is 0. The van der Waals surface area contributed by atoms with Crippen LogP contribution in [-0.4, -0.2) is 56.5 Å². The van der Waals surface area contributed by atoms with Crippen molar-refractivity contribution in [1.29, 1.82) is 0 Å². The van der Waals surface area contributed by atoms with E-state index >= 15 is 0 Å². The lowest BCUT2D eigenvalue weighted by Gasteiger charge is -2.37. The standard InChI is InChI=1S/C22H22F2N4O3/c1-13-4-7-25-19(26-13)20(29)27-8-5-22(6-9-27)21(30)28-17(2-3-18(28)31-22)14-10-15(23)12-16(24)11-14/h4,7,10-12,17-18H,2-3,5-6,8-9H2,1H3. The maximum absolute atomic E-state index is 13.7. The summed E-state index contributed by atoms with van der Waals surface area (Å²) in [5.41, 5.74) is 0.152. The van der Waals surface area contributed by atoms with Gasteiger partial charge in [0.05, 0.1) is 6.04 Å². The lowest BCUT2D eigenvalue weighted by atomic mass is 9.89. The van der Waals surface area contributed by atoms with E-state index in [1.807, 2.05) is 0 Å². The number of amides is 2. The summed E-state index contributed by atoms with van der Waals surface area (Å²) >= 11 is 0. The minimum absolute atomic E-state index is 0.142. The number of halogens is 2. The van der Waals surface area contributed by atoms with Crippen LogP contribution in [0.25, 0.3) is 0 Å². The second-order valence-corrected chi connectivity index (χ2v) is 8.39. The van der Waals surface area contributed by atoms with E-state index in [-0.39, 0.29) is 17.6 Å². The molecule has 1 aromatic carbocycles. The molecule has 0 N–H and O–H groups in total. The van der Waals surface area contributed by atoms with Crippen molar-refractivity contribution < 1.29 is 23.1 Å². The molecule has 0 bridgehead atoms. The van der Waals surface area contributed by atoms with Gasteiger partial charge in [0.2, 0.25) is 5.82 Å². The minimum Gasteiger partial charge on any atom is -0.342 e. The summed E-state index contributed by atoms with van der Waals surface area (Å²) in [4.78, 5) is 37.6. The zero-order chi connectivity index (χ0) is 21.8. The van der Waals surface area contributed by atoms with Crippen molar-refractivity contribution in [3.8, 4) is 0 Å². The first kappa shape index (κ1) is 20.0. The van der Waals surface area contributed by atoms with Crippen molar-refractivity contribution in [2.45, 2.75) is 50.5 Å². The summed E-state index contributed by atoms with van der Waals surface area (Å²) in [6.45, 7) is 2.49. The van der Waals surface area contributed by atoms with E-state index in [1.165, 1.54) is 12.1 Å². The van der Waals surface area contributed by atoms with Crippen molar-refractivity contribution in [1.82, 2.24) is 19.8 Å². The van der Waals surface area contributed by atoms with Crippen LogP contribution in [0.3, 0.4) is 0 Å². The molecule has 3 saturated heterocycles. The Labute approximate surface area is 178 Å². The van der Waals surface area contributed by atoms with E-state index in [4.69, 9.17) is 4.74 Å². The fraction of sp³-hybridized carbons (Fsp3) is 0.455. The molecule has 5 rings (SSSR count). The molecule has 0 aliphatic carbocycles. The number of aryl methyl sites for hydroxylation is 1. The van der Waals surface area contributed by atoms with Crippen LogP contribution >= 0.6 is 0 Å². The quantitative estimate of drug-likeness (QED) is 0.735. The number of carbonyl (C=O) groups is 2. The van der Waals surface area contributed by atoms with Crippen molar-refractivity contribution in [2.75, 3.05) is 13.1 Å². The van der Waals surface area contributed by atoms with Gasteiger partial charge in [-0.3, -0.25) is 9.59 Å². The van der Waals surface area contributed by atoms with Crippen LogP contribution in [0.4, 0.5) is 8.78 Å². The molecule has 4 heterocycles. The molecule has 7 nitrogen and oxygen atoms in total. The Hall–Kier alpha value is -2.94. The van der Waals surface area contributed by atoms with Gasteiger partial charge < -0.3 is 14.5 Å². The Balaban J connectivity index is 1.32. The van der Waals surface area contributed by atoms with E-state index in [0.29, 0.717) is 50.0 Å². The maximum Gasteiger partial charge on any atom is 0.291 e. The molecular formula is C22H22F2N4O3. The van der Waals surface area contributed by atoms with E-state index in [0.717, 1.165) is 6.07 Å². The number of rotatable bonds is 2. The summed E-state index contributed by atoms with van der Waals surface area (Å²) < 4.78 is 33.7. The van der Waals surface area contributed by atoms with Crippen molar-refractivity contribution in [3.63, 3.8) is 0 Å². The van der Waals surface area contributed by atoms with Gasteiger partial charge in [0.15, 0.2) is 5.60 Å². The van der Waals surface area contributed by atoms with E-state index < -0.39 is 29.5 Å². The molecule has 1 aromatic heterocycles. The van der Waals surface area contributed by atoms with Gasteiger partial charge in [0.1, 0.15) is 17.9 Å². The predicted molar refractivity (Wildman–Crippen MR) is 105 cm³/mol. The molecular weight excluding hydrogens is 406 g/mol. The normalized spacial score (nSPS) is 24.7. The van der Waals surface area contributed by atoms with Gasteiger partial charge in [-0.2, -0.15) is 0 Å². The first-order valence-corrected chi connectivity index (χ1v) is 10.4. The first-order valence-electron chi connectivity index (χ1n) is 10.4. The third-order valence-corrected chi connectivity index (χ3v) is 6.43. The number of aromatic nitrogens is 2. The number of fused-ring (bicyclic) bond motifs is 1. The zero-order valence-corrected chi connectivity index (χ0v) is 17.1. The van der Waals surface area contributed by atoms with Crippen LogP contribution in [-0.2, 0) is 9.53 Å². The number of benzene rings is 1. The van der Waals surface area contributed by atoms with Crippen molar-refractivity contribution in [3.05, 3.63) is 59.2 Å². The molecule has 3 fully saturated rings. The topological polar surface area (TPSA) is 75.6 Å². The molecule has 2 aromatic rings. The smallest absolute Gasteiger partial charge is 0.291 e. The zero-order valence-electron chi connectivity index (χ0n) is 17.1. The summed E-state index contributed by atoms with van der Waals surface area (Å²) in [5, 5.41) is 0. The predicted octanol–water partition coefficient (Wildman–Crippen LogP) is 2.76. The lowest BCUT2D eigenvalue weighted by Crippen LogP contribution is -2.51. The van der Waals surface area contributed by atoms with Crippen LogP contribution in [0, 0.1) is 18.6 Å². The SMILES string of the molecule is Cc1ccnc(C(=O)N2CCC3(CC2)OC2CCC(c4cc(F)cc(F)c4)N2C3=O)n1. The molecule has 2 amide bonds. The molecule has 9 heteroatoms. The Bertz CT molecular complexity index is 1030. The third-order valence-electron chi connectivity index (χ3n) is 6.43. The monoisotopic (exact) mass is 428 g/mol. The maximum atomic E-state index is 13.7. The van der Waals surface area contributed by atoms with Gasteiger partial charge in [0.25, 0.3) is 11.8 Å². The average molecular weight is 428 g/mol. The summed E-state index contributed by atoms with van der Waals surface area (Å²) in [6.07, 6.45) is 3.06. The highest BCUT2D eigenvalue weighted by Gasteiger charge is 2.58. The van der Waals surface area contributed by atoms with Gasteiger partial charge in [0, 0.05) is 43.9 Å². The molecule has 0 radical (unpaired) electrons. The fourth-order valence-electron chi connectivity index (χ4n) is 4.90. The molecule has 3 aliphatic rings. The minimum atomic E-state index is -1.00. The molecule has 2 atom stereocenters. The highest BCUT2D eigenvalue weighted by molar-refractivity contribution is 5.92. The van der Waals surface area contributed by atoms with E-state index in [1.54, 1.807) is 29.0 Å². The number of hydrogen-bond acceptors (Lipinski definition) is 5. The van der Waals surface area contributed by atoms with Crippen LogP contribution < -0.4 is 0 Å². The van der Waals surface area contributed by atoms with Crippen LogP contribution in [0.2, 0.25) is 0 Å². The highest BCUT2D eigenvalue weighted by Crippen LogP contribution is 2.47. The molecule has 2 unspecified atom stereocenters. The fourth-order valence-corrected chi connectivity index (χ4v) is 4.90. The van der Waals surface area contributed by atoms with Crippen LogP contribution in [0.5, 0.6) is 0 Å². The van der Waals surface area contributed by atoms with Crippen molar-refractivity contribution >= 4 is 11.8 Å². The lowest BCUT2D eigenvalue weighted by molar-refractivity contribution is -0.142. The number of carbonyl (C=O) groups excluding carboxylic acids is 2.